The van der Waals surface area contributed by atoms with E-state index < -0.39 is 25.5 Å². The summed E-state index contributed by atoms with van der Waals surface area (Å²) in [5.74, 6) is 5.72. The summed E-state index contributed by atoms with van der Waals surface area (Å²) in [4.78, 5) is 24.0. The van der Waals surface area contributed by atoms with Crippen molar-refractivity contribution in [1.29, 1.82) is 0 Å². The summed E-state index contributed by atoms with van der Waals surface area (Å²) in [7, 11) is -1.58. The van der Waals surface area contributed by atoms with Crippen LogP contribution < -0.4 is 10.6 Å². The van der Waals surface area contributed by atoms with Gasteiger partial charge in [0.2, 0.25) is 5.91 Å². The van der Waals surface area contributed by atoms with E-state index in [0.29, 0.717) is 28.0 Å². The lowest BCUT2D eigenvalue weighted by Crippen LogP contribution is -2.20. The van der Waals surface area contributed by atoms with Crippen LogP contribution in [-0.4, -0.2) is 60.3 Å². The molecular weight excluding hydrogens is 556 g/mol. The van der Waals surface area contributed by atoms with Crippen LogP contribution in [0, 0.1) is 23.1 Å². The molecule has 0 saturated carbocycles. The second kappa shape index (κ2) is 12.6. The molecule has 3 aromatic rings. The van der Waals surface area contributed by atoms with Crippen LogP contribution in [0.3, 0.4) is 0 Å². The second-order valence-corrected chi connectivity index (χ2v) is 12.3. The maximum Gasteiger partial charge on any atom is 0.340 e. The lowest BCUT2D eigenvalue weighted by Gasteiger charge is -2.18. The van der Waals surface area contributed by atoms with Gasteiger partial charge in [-0.15, -0.1) is 0 Å². The number of aromatic nitrogens is 2. The zero-order valence-electron chi connectivity index (χ0n) is 22.9. The van der Waals surface area contributed by atoms with Crippen LogP contribution in [0.4, 0.5) is 21.6 Å². The highest BCUT2D eigenvalue weighted by molar-refractivity contribution is 7.54. The zero-order chi connectivity index (χ0) is 28.9. The van der Waals surface area contributed by atoms with Crippen LogP contribution in [-0.2, 0) is 18.4 Å². The molecule has 1 atom stereocenters. The van der Waals surface area contributed by atoms with Gasteiger partial charge in [-0.3, -0.25) is 9.36 Å². The fraction of sp³-hybridized carbons (Fsp3) is 0.393. The Labute approximate surface area is 238 Å². The Bertz CT molecular complexity index is 1520. The van der Waals surface area contributed by atoms with Gasteiger partial charge in [0, 0.05) is 17.3 Å². The Balaban J connectivity index is 1.76. The number of rotatable bonds is 9. The summed E-state index contributed by atoms with van der Waals surface area (Å²) in [5, 5.41) is 6.26. The summed E-state index contributed by atoms with van der Waals surface area (Å²) in [6.45, 7) is 7.50. The van der Waals surface area contributed by atoms with Crippen LogP contribution in [0.25, 0.3) is 10.9 Å². The molecule has 40 heavy (non-hydrogen) atoms. The third-order valence-electron chi connectivity index (χ3n) is 6.41. The zero-order valence-corrected chi connectivity index (χ0v) is 24.5. The maximum atomic E-state index is 14.6. The van der Waals surface area contributed by atoms with Gasteiger partial charge in [0.05, 0.1) is 40.7 Å². The third-order valence-corrected chi connectivity index (χ3v) is 8.67. The summed E-state index contributed by atoms with van der Waals surface area (Å²) >= 11 is 5.95. The van der Waals surface area contributed by atoms with Gasteiger partial charge in [0.25, 0.3) is 0 Å². The summed E-state index contributed by atoms with van der Waals surface area (Å²) in [6.07, 6.45) is 1.81. The van der Waals surface area contributed by atoms with Crippen LogP contribution in [0.2, 0.25) is 5.02 Å². The number of anilines is 3. The molecule has 0 bridgehead atoms. The summed E-state index contributed by atoms with van der Waals surface area (Å²) in [6, 6.07) is 8.01. The first-order chi connectivity index (χ1) is 19.0. The normalized spacial score (nSPS) is 17.4. The highest BCUT2D eigenvalue weighted by Crippen LogP contribution is 2.47. The lowest BCUT2D eigenvalue weighted by atomic mass is 9.90. The van der Waals surface area contributed by atoms with Gasteiger partial charge in [0.15, 0.2) is 5.82 Å². The van der Waals surface area contributed by atoms with Crippen molar-refractivity contribution in [3.63, 3.8) is 0 Å². The number of carbonyl (C=O) groups is 1. The van der Waals surface area contributed by atoms with Crippen molar-refractivity contribution >= 4 is 53.2 Å². The Morgan fingerprint density at radius 2 is 1.98 bits per heavy atom. The molecule has 4 rings (SSSR count). The molecule has 0 unspecified atom stereocenters. The Hall–Kier alpha value is -3.06. The fourth-order valence-electron chi connectivity index (χ4n) is 4.54. The van der Waals surface area contributed by atoms with E-state index in [1.165, 1.54) is 18.5 Å². The molecule has 1 saturated heterocycles. The van der Waals surface area contributed by atoms with Crippen molar-refractivity contribution in [2.75, 3.05) is 50.1 Å². The van der Waals surface area contributed by atoms with Crippen molar-refractivity contribution in [2.24, 2.45) is 5.41 Å². The SMILES string of the molecule is CCOP(=O)(CC(=O)Nc1cc2c(Nc3cccc(Cl)c3F)ncnc2cc1C#C[C@@]1(C)CCN(C)C1)OCC. The van der Waals surface area contributed by atoms with Crippen LogP contribution in [0.1, 0.15) is 32.8 Å². The van der Waals surface area contributed by atoms with Crippen LogP contribution in [0.15, 0.2) is 36.7 Å². The molecular formula is C28H32ClFN5O4P. The number of halogens is 2. The first-order valence-electron chi connectivity index (χ1n) is 12.9. The Kier molecular flexibility index (Phi) is 9.44. The van der Waals surface area contributed by atoms with E-state index >= 15 is 0 Å². The average Bonchev–Trinajstić information content (AvgIpc) is 3.24. The lowest BCUT2D eigenvalue weighted by molar-refractivity contribution is -0.114. The Morgan fingerprint density at radius 1 is 1.23 bits per heavy atom. The van der Waals surface area contributed by atoms with E-state index in [-0.39, 0.29) is 29.3 Å². The molecule has 2 N–H and O–H groups in total. The van der Waals surface area contributed by atoms with Crippen LogP contribution >= 0.6 is 19.2 Å². The minimum absolute atomic E-state index is 0.0343. The predicted octanol–water partition coefficient (Wildman–Crippen LogP) is 6.06. The number of hydrogen-bond acceptors (Lipinski definition) is 8. The van der Waals surface area contributed by atoms with Crippen molar-refractivity contribution < 1.29 is 22.8 Å². The molecule has 0 spiro atoms. The highest BCUT2D eigenvalue weighted by Gasteiger charge is 2.30. The first kappa shape index (κ1) is 29.9. The minimum Gasteiger partial charge on any atom is -0.337 e. The van der Waals surface area contributed by atoms with Crippen LogP contribution in [0.5, 0.6) is 0 Å². The van der Waals surface area contributed by atoms with Crippen molar-refractivity contribution in [3.8, 4) is 11.8 Å². The number of nitrogens with one attached hydrogen (secondary N) is 2. The van der Waals surface area contributed by atoms with E-state index in [4.69, 9.17) is 20.6 Å². The second-order valence-electron chi connectivity index (χ2n) is 9.81. The fourth-order valence-corrected chi connectivity index (χ4v) is 6.19. The topological polar surface area (TPSA) is 106 Å². The van der Waals surface area contributed by atoms with E-state index in [0.717, 1.165) is 19.5 Å². The average molecular weight is 588 g/mol. The molecule has 1 aliphatic heterocycles. The maximum absolute atomic E-state index is 14.6. The quantitative estimate of drug-likeness (QED) is 0.230. The molecule has 0 radical (unpaired) electrons. The summed E-state index contributed by atoms with van der Waals surface area (Å²) in [5.41, 5.74) is 1.34. The van der Waals surface area contributed by atoms with Gasteiger partial charge < -0.3 is 24.6 Å². The molecule has 2 aromatic carbocycles. The molecule has 212 valence electrons. The number of hydrogen-bond donors (Lipinski definition) is 2. The highest BCUT2D eigenvalue weighted by atomic mass is 35.5. The molecule has 12 heteroatoms. The number of likely N-dealkylation sites (tertiary alicyclic amines) is 1. The Morgan fingerprint density at radius 3 is 2.65 bits per heavy atom. The van der Waals surface area contributed by atoms with Gasteiger partial charge in [-0.2, -0.15) is 0 Å². The van der Waals surface area contributed by atoms with Gasteiger partial charge >= 0.3 is 7.60 Å². The summed E-state index contributed by atoms with van der Waals surface area (Å²) < 4.78 is 38.2. The number of amides is 1. The molecule has 2 heterocycles. The monoisotopic (exact) mass is 587 g/mol. The molecule has 1 aromatic heterocycles. The van der Waals surface area contributed by atoms with Gasteiger partial charge in [0.1, 0.15) is 18.3 Å². The molecule has 1 aliphatic rings. The predicted molar refractivity (Wildman–Crippen MR) is 156 cm³/mol. The number of benzene rings is 2. The molecule has 1 fully saturated rings. The van der Waals surface area contributed by atoms with Crippen molar-refractivity contribution in [1.82, 2.24) is 14.9 Å². The smallest absolute Gasteiger partial charge is 0.337 e. The largest absolute Gasteiger partial charge is 0.340 e. The number of carbonyl (C=O) groups excluding carboxylic acids is 1. The van der Waals surface area contributed by atoms with E-state index in [2.05, 4.69) is 51.3 Å². The van der Waals surface area contributed by atoms with Crippen molar-refractivity contribution in [2.45, 2.75) is 27.2 Å². The molecule has 1 amide bonds. The third kappa shape index (κ3) is 7.17. The number of nitrogens with zero attached hydrogens (tertiary/aromatic N) is 3. The van der Waals surface area contributed by atoms with E-state index in [1.807, 2.05) is 0 Å². The first-order valence-corrected chi connectivity index (χ1v) is 15.0. The molecule has 9 nitrogen and oxygen atoms in total. The van der Waals surface area contributed by atoms with Gasteiger partial charge in [-0.1, -0.05) is 29.5 Å². The number of fused-ring (bicyclic) bond motifs is 1. The molecule has 0 aliphatic carbocycles. The van der Waals surface area contributed by atoms with E-state index in [1.54, 1.807) is 32.0 Å². The van der Waals surface area contributed by atoms with Gasteiger partial charge in [-0.05, 0) is 65.0 Å². The van der Waals surface area contributed by atoms with Crippen molar-refractivity contribution in [3.05, 3.63) is 53.1 Å². The standard InChI is InChI=1S/C28H32ClFN5O4P/c1-5-38-40(37,39-6-2)16-25(36)33-23-15-20-24(14-19(23)10-11-28(3)12-13-35(4)17-28)31-18-32-27(20)34-22-9-7-8-21(29)26(22)30/h7-9,14-15,18H,5-6,12-13,16-17H2,1-4H3,(H,33,36)(H,31,32,34)/t28-/m0/s1. The minimum atomic E-state index is -3.64. The van der Waals surface area contributed by atoms with Gasteiger partial charge in [-0.25, -0.2) is 14.4 Å². The van der Waals surface area contributed by atoms with E-state index in [9.17, 15) is 13.8 Å².